The number of esters is 1. The molecule has 0 aromatic heterocycles. The lowest BCUT2D eigenvalue weighted by molar-refractivity contribution is -0.154. The Labute approximate surface area is 135 Å². The first kappa shape index (κ1) is 17.5. The summed E-state index contributed by atoms with van der Waals surface area (Å²) in [6.07, 6.45) is 2.08. The third-order valence-corrected chi connectivity index (χ3v) is 11.7. The molecule has 0 amide bonds. The monoisotopic (exact) mass is 322 g/mol. The highest BCUT2D eigenvalue weighted by Crippen LogP contribution is 2.55. The summed E-state index contributed by atoms with van der Waals surface area (Å²) in [6, 6.07) is 0. The molecule has 4 heteroatoms. The molecule has 0 radical (unpaired) electrons. The van der Waals surface area contributed by atoms with Crippen LogP contribution in [0.5, 0.6) is 0 Å². The number of rotatable bonds is 3. The number of allylic oxidation sites excluding steroid dienone is 2. The normalized spacial score (nSPS) is 29.0. The Balaban J connectivity index is 2.42. The molecule has 2 atom stereocenters. The van der Waals surface area contributed by atoms with Gasteiger partial charge in [-0.15, -0.1) is 0 Å². The fourth-order valence-electron chi connectivity index (χ4n) is 3.88. The number of hydrogen-bond donors (Lipinski definition) is 0. The van der Waals surface area contributed by atoms with Crippen molar-refractivity contribution in [2.75, 3.05) is 6.61 Å². The Bertz CT molecular complexity index is 539. The zero-order chi connectivity index (χ0) is 16.9. The molecular formula is C18H30O3Si. The zero-order valence-corrected chi connectivity index (χ0v) is 16.1. The minimum absolute atomic E-state index is 0.0982. The number of carbonyl (C=O) groups is 2. The third-order valence-electron chi connectivity index (χ3n) is 6.07. The largest absolute Gasteiger partial charge is 0.466 e. The van der Waals surface area contributed by atoms with Crippen LogP contribution in [-0.4, -0.2) is 26.4 Å². The number of fused-ring (bicyclic) bond motifs is 1. The van der Waals surface area contributed by atoms with Gasteiger partial charge in [-0.25, -0.2) is 0 Å². The molecule has 0 saturated heterocycles. The molecule has 1 fully saturated rings. The van der Waals surface area contributed by atoms with Crippen molar-refractivity contribution < 1.29 is 14.3 Å². The number of hydrogen-bond acceptors (Lipinski definition) is 3. The van der Waals surface area contributed by atoms with Gasteiger partial charge in [0.05, 0.1) is 20.1 Å². The maximum absolute atomic E-state index is 12.6. The van der Waals surface area contributed by atoms with Crippen molar-refractivity contribution >= 4 is 19.8 Å². The number of carbonyl (C=O) groups excluding carboxylic acids is 2. The van der Waals surface area contributed by atoms with Crippen molar-refractivity contribution in [1.82, 2.24) is 0 Å². The van der Waals surface area contributed by atoms with E-state index in [0.29, 0.717) is 25.2 Å². The van der Waals surface area contributed by atoms with Gasteiger partial charge in [0.25, 0.3) is 0 Å². The van der Waals surface area contributed by atoms with Crippen LogP contribution in [0.25, 0.3) is 0 Å². The van der Waals surface area contributed by atoms with Crippen LogP contribution >= 0.6 is 0 Å². The van der Waals surface area contributed by atoms with Crippen LogP contribution in [0.3, 0.4) is 0 Å². The van der Waals surface area contributed by atoms with E-state index in [4.69, 9.17) is 4.74 Å². The summed E-state index contributed by atoms with van der Waals surface area (Å²) in [7, 11) is -1.86. The van der Waals surface area contributed by atoms with Crippen molar-refractivity contribution in [2.24, 2.45) is 11.3 Å². The van der Waals surface area contributed by atoms with Crippen LogP contribution in [-0.2, 0) is 14.3 Å². The molecule has 0 N–H and O–H groups in total. The number of ether oxygens (including phenoxy) is 1. The van der Waals surface area contributed by atoms with E-state index in [1.165, 1.54) is 5.57 Å². The number of ketones is 1. The maximum Gasteiger partial charge on any atom is 0.312 e. The fourth-order valence-corrected chi connectivity index (χ4v) is 6.53. The lowest BCUT2D eigenvalue weighted by atomic mass is 9.86. The van der Waals surface area contributed by atoms with Gasteiger partial charge in [-0.3, -0.25) is 9.59 Å². The highest BCUT2D eigenvalue weighted by atomic mass is 28.3. The van der Waals surface area contributed by atoms with Crippen LogP contribution in [0.4, 0.5) is 0 Å². The van der Waals surface area contributed by atoms with Gasteiger partial charge < -0.3 is 4.74 Å². The Morgan fingerprint density at radius 1 is 1.36 bits per heavy atom. The lowest BCUT2D eigenvalue weighted by Gasteiger charge is -2.38. The van der Waals surface area contributed by atoms with Gasteiger partial charge in [0.15, 0.2) is 5.78 Å². The van der Waals surface area contributed by atoms with Crippen LogP contribution in [0, 0.1) is 11.3 Å². The summed E-state index contributed by atoms with van der Waals surface area (Å²) in [5.74, 6) is 0.516. The molecule has 2 aliphatic carbocycles. The highest BCUT2D eigenvalue weighted by molar-refractivity contribution is 6.91. The molecule has 0 aromatic carbocycles. The number of Topliss-reactive ketones (excluding diaryl/α,β-unsaturated/α-hetero) is 1. The third kappa shape index (κ3) is 2.59. The van der Waals surface area contributed by atoms with Crippen LogP contribution in [0.1, 0.15) is 53.9 Å². The summed E-state index contributed by atoms with van der Waals surface area (Å²) >= 11 is 0. The summed E-state index contributed by atoms with van der Waals surface area (Å²) in [6.45, 7) is 15.6. The van der Waals surface area contributed by atoms with Crippen molar-refractivity contribution in [3.8, 4) is 0 Å². The Hall–Kier alpha value is -0.903. The van der Waals surface area contributed by atoms with Crippen molar-refractivity contribution in [3.05, 3.63) is 10.8 Å². The molecule has 2 rings (SSSR count). The molecule has 0 spiro atoms. The second-order valence-electron chi connectivity index (χ2n) is 8.76. The highest BCUT2D eigenvalue weighted by Gasteiger charge is 2.54. The van der Waals surface area contributed by atoms with Crippen LogP contribution in [0.2, 0.25) is 18.1 Å². The average Bonchev–Trinajstić information content (AvgIpc) is 2.80. The molecule has 3 nitrogen and oxygen atoms in total. The molecule has 0 heterocycles. The van der Waals surface area contributed by atoms with Gasteiger partial charge in [-0.2, -0.15) is 0 Å². The zero-order valence-electron chi connectivity index (χ0n) is 15.1. The summed E-state index contributed by atoms with van der Waals surface area (Å²) in [5.41, 5.74) is 0.844. The molecule has 2 unspecified atom stereocenters. The Morgan fingerprint density at radius 2 is 1.95 bits per heavy atom. The van der Waals surface area contributed by atoms with E-state index >= 15 is 0 Å². The van der Waals surface area contributed by atoms with Crippen LogP contribution in [0.15, 0.2) is 10.8 Å². The first-order valence-electron chi connectivity index (χ1n) is 8.38. The van der Waals surface area contributed by atoms with Gasteiger partial charge in [0.2, 0.25) is 0 Å². The summed E-state index contributed by atoms with van der Waals surface area (Å²) < 4.78 is 5.27. The minimum Gasteiger partial charge on any atom is -0.466 e. The van der Waals surface area contributed by atoms with E-state index in [1.807, 2.05) is 13.8 Å². The molecule has 124 valence electrons. The van der Waals surface area contributed by atoms with Gasteiger partial charge in [0.1, 0.15) is 0 Å². The molecule has 22 heavy (non-hydrogen) atoms. The SMILES string of the molecule is CCOC(=O)C1(C)CC2=C([Si](C)(C)C(C)(C)C)C(=O)CC2C1. The summed E-state index contributed by atoms with van der Waals surface area (Å²) in [5, 5.41) is 1.26. The minimum atomic E-state index is -1.86. The van der Waals surface area contributed by atoms with E-state index < -0.39 is 13.5 Å². The van der Waals surface area contributed by atoms with Gasteiger partial charge in [-0.05, 0) is 42.8 Å². The van der Waals surface area contributed by atoms with E-state index in [-0.39, 0.29) is 16.9 Å². The van der Waals surface area contributed by atoms with Gasteiger partial charge in [0, 0.05) is 6.42 Å². The fraction of sp³-hybridized carbons (Fsp3) is 0.778. The molecular weight excluding hydrogens is 292 g/mol. The Morgan fingerprint density at radius 3 is 2.45 bits per heavy atom. The molecule has 0 bridgehead atoms. The molecule has 0 aromatic rings. The summed E-state index contributed by atoms with van der Waals surface area (Å²) in [4.78, 5) is 25.0. The quantitative estimate of drug-likeness (QED) is 0.575. The van der Waals surface area contributed by atoms with Crippen molar-refractivity contribution in [1.29, 1.82) is 0 Å². The molecule has 0 aliphatic heterocycles. The average molecular weight is 323 g/mol. The van der Waals surface area contributed by atoms with Crippen molar-refractivity contribution in [3.63, 3.8) is 0 Å². The van der Waals surface area contributed by atoms with E-state index in [0.717, 1.165) is 11.6 Å². The van der Waals surface area contributed by atoms with Crippen LogP contribution < -0.4 is 0 Å². The smallest absolute Gasteiger partial charge is 0.312 e. The second kappa shape index (κ2) is 5.33. The topological polar surface area (TPSA) is 43.4 Å². The molecule has 1 saturated carbocycles. The van der Waals surface area contributed by atoms with Crippen molar-refractivity contribution in [2.45, 2.75) is 72.0 Å². The first-order chi connectivity index (χ1) is 9.94. The predicted octanol–water partition coefficient (Wildman–Crippen LogP) is 4.28. The van der Waals surface area contributed by atoms with E-state index in [1.54, 1.807) is 0 Å². The molecule has 2 aliphatic rings. The van der Waals surface area contributed by atoms with Gasteiger partial charge in [-0.1, -0.05) is 39.4 Å². The first-order valence-corrected chi connectivity index (χ1v) is 11.4. The van der Waals surface area contributed by atoms with E-state index in [9.17, 15) is 9.59 Å². The predicted molar refractivity (Wildman–Crippen MR) is 91.3 cm³/mol. The second-order valence-corrected chi connectivity index (χ2v) is 14.0. The Kier molecular flexibility index (Phi) is 4.22. The lowest BCUT2D eigenvalue weighted by Crippen LogP contribution is -2.42. The maximum atomic E-state index is 12.6. The van der Waals surface area contributed by atoms with E-state index in [2.05, 4.69) is 33.9 Å². The standard InChI is InChI=1S/C18H30O3Si/c1-8-21-16(20)18(5)10-12-9-14(19)15(13(12)11-18)22(6,7)17(2,3)4/h12H,8-11H2,1-7H3. The van der Waals surface area contributed by atoms with Gasteiger partial charge >= 0.3 is 5.97 Å².